The summed E-state index contributed by atoms with van der Waals surface area (Å²) >= 11 is 5.93. The van der Waals surface area contributed by atoms with Crippen molar-refractivity contribution in [1.82, 2.24) is 5.32 Å². The van der Waals surface area contributed by atoms with Crippen molar-refractivity contribution in [2.45, 2.75) is 31.7 Å². The van der Waals surface area contributed by atoms with Gasteiger partial charge in [0.2, 0.25) is 0 Å². The number of carbonyl (C=O) groups excluding carboxylic acids is 1. The Morgan fingerprint density at radius 2 is 2.17 bits per heavy atom. The van der Waals surface area contributed by atoms with E-state index in [-0.39, 0.29) is 5.78 Å². The summed E-state index contributed by atoms with van der Waals surface area (Å²) in [7, 11) is 1.55. The summed E-state index contributed by atoms with van der Waals surface area (Å²) in [6.07, 6.45) is 4.88. The van der Waals surface area contributed by atoms with Crippen LogP contribution in [0.15, 0.2) is 18.2 Å². The van der Waals surface area contributed by atoms with E-state index < -0.39 is 0 Å². The van der Waals surface area contributed by atoms with E-state index in [2.05, 4.69) is 5.32 Å². The van der Waals surface area contributed by atoms with Gasteiger partial charge in [0.15, 0.2) is 5.78 Å². The first-order valence-electron chi connectivity index (χ1n) is 6.31. The number of rotatable bonds is 5. The van der Waals surface area contributed by atoms with Crippen molar-refractivity contribution in [2.75, 3.05) is 13.7 Å². The summed E-state index contributed by atoms with van der Waals surface area (Å²) in [4.78, 5) is 12.0. The molecule has 1 aliphatic rings. The average Bonchev–Trinajstić information content (AvgIpc) is 2.89. The van der Waals surface area contributed by atoms with E-state index in [0.29, 0.717) is 28.9 Å². The fraction of sp³-hybridized carbons (Fsp3) is 0.500. The molecule has 0 bridgehead atoms. The summed E-state index contributed by atoms with van der Waals surface area (Å²) in [6.45, 7) is 0.384. The lowest BCUT2D eigenvalue weighted by Gasteiger charge is -2.11. The third-order valence-corrected chi connectivity index (χ3v) is 3.69. The van der Waals surface area contributed by atoms with Crippen molar-refractivity contribution in [3.8, 4) is 5.75 Å². The van der Waals surface area contributed by atoms with Gasteiger partial charge >= 0.3 is 0 Å². The summed E-state index contributed by atoms with van der Waals surface area (Å²) in [5.74, 6) is 0.625. The molecule has 0 atom stereocenters. The highest BCUT2D eigenvalue weighted by Crippen LogP contribution is 2.25. The molecule has 98 valence electrons. The second-order valence-electron chi connectivity index (χ2n) is 4.63. The van der Waals surface area contributed by atoms with Gasteiger partial charge < -0.3 is 10.1 Å². The van der Waals surface area contributed by atoms with Gasteiger partial charge in [0.25, 0.3) is 0 Å². The minimum Gasteiger partial charge on any atom is -0.495 e. The molecule has 0 heterocycles. The van der Waals surface area contributed by atoms with E-state index in [1.165, 1.54) is 25.7 Å². The lowest BCUT2D eigenvalue weighted by atomic mass is 10.1. The van der Waals surface area contributed by atoms with E-state index in [1.807, 2.05) is 0 Å². The van der Waals surface area contributed by atoms with Crippen molar-refractivity contribution in [2.24, 2.45) is 0 Å². The van der Waals surface area contributed by atoms with Gasteiger partial charge in [0, 0.05) is 11.6 Å². The van der Waals surface area contributed by atoms with Gasteiger partial charge in [-0.1, -0.05) is 24.4 Å². The maximum absolute atomic E-state index is 12.0. The number of hydrogen-bond donors (Lipinski definition) is 1. The molecule has 0 radical (unpaired) electrons. The van der Waals surface area contributed by atoms with Crippen LogP contribution in [0.3, 0.4) is 0 Å². The van der Waals surface area contributed by atoms with E-state index in [9.17, 15) is 4.79 Å². The average molecular weight is 268 g/mol. The molecule has 0 unspecified atom stereocenters. The molecule has 0 amide bonds. The molecule has 1 aromatic rings. The van der Waals surface area contributed by atoms with E-state index in [4.69, 9.17) is 16.3 Å². The Morgan fingerprint density at radius 1 is 1.44 bits per heavy atom. The Kier molecular flexibility index (Phi) is 4.61. The van der Waals surface area contributed by atoms with Crippen LogP contribution in [0.25, 0.3) is 0 Å². The van der Waals surface area contributed by atoms with Gasteiger partial charge in [-0.25, -0.2) is 0 Å². The molecule has 1 aliphatic carbocycles. The molecular weight excluding hydrogens is 250 g/mol. The van der Waals surface area contributed by atoms with Gasteiger partial charge in [-0.3, -0.25) is 4.79 Å². The summed E-state index contributed by atoms with van der Waals surface area (Å²) in [5.41, 5.74) is 0.641. The second-order valence-corrected chi connectivity index (χ2v) is 5.04. The van der Waals surface area contributed by atoms with Crippen LogP contribution < -0.4 is 10.1 Å². The van der Waals surface area contributed by atoms with Gasteiger partial charge in [0.1, 0.15) is 5.75 Å². The Hall–Kier alpha value is -1.06. The monoisotopic (exact) mass is 267 g/mol. The van der Waals surface area contributed by atoms with Crippen LogP contribution in [0, 0.1) is 0 Å². The van der Waals surface area contributed by atoms with Crippen molar-refractivity contribution in [3.63, 3.8) is 0 Å². The summed E-state index contributed by atoms with van der Waals surface area (Å²) in [6, 6.07) is 5.64. The van der Waals surface area contributed by atoms with Crippen LogP contribution in [-0.2, 0) is 0 Å². The summed E-state index contributed by atoms with van der Waals surface area (Å²) in [5, 5.41) is 3.83. The SMILES string of the molecule is COc1cc(C(=O)CNC2CCCC2)ccc1Cl. The zero-order valence-electron chi connectivity index (χ0n) is 10.5. The number of benzene rings is 1. The van der Waals surface area contributed by atoms with Crippen molar-refractivity contribution in [3.05, 3.63) is 28.8 Å². The number of nitrogens with one attached hydrogen (secondary N) is 1. The first-order chi connectivity index (χ1) is 8.70. The Balaban J connectivity index is 1.95. The van der Waals surface area contributed by atoms with Crippen molar-refractivity contribution >= 4 is 17.4 Å². The fourth-order valence-corrected chi connectivity index (χ4v) is 2.50. The maximum Gasteiger partial charge on any atom is 0.176 e. The molecule has 0 aromatic heterocycles. The van der Waals surface area contributed by atoms with Crippen LogP contribution in [0.2, 0.25) is 5.02 Å². The predicted molar refractivity (Wildman–Crippen MR) is 72.6 cm³/mol. The molecule has 0 aliphatic heterocycles. The number of hydrogen-bond acceptors (Lipinski definition) is 3. The first-order valence-corrected chi connectivity index (χ1v) is 6.68. The van der Waals surface area contributed by atoms with E-state index in [0.717, 1.165) is 0 Å². The van der Waals surface area contributed by atoms with E-state index >= 15 is 0 Å². The smallest absolute Gasteiger partial charge is 0.176 e. The number of halogens is 1. The van der Waals surface area contributed by atoms with Gasteiger partial charge in [-0.2, -0.15) is 0 Å². The minimum atomic E-state index is 0.0804. The maximum atomic E-state index is 12.0. The highest BCUT2D eigenvalue weighted by molar-refractivity contribution is 6.32. The van der Waals surface area contributed by atoms with Crippen LogP contribution in [-0.4, -0.2) is 25.5 Å². The van der Waals surface area contributed by atoms with Crippen LogP contribution in [0.5, 0.6) is 5.75 Å². The largest absolute Gasteiger partial charge is 0.495 e. The topological polar surface area (TPSA) is 38.3 Å². The molecule has 0 saturated heterocycles. The summed E-state index contributed by atoms with van der Waals surface area (Å²) < 4.78 is 5.11. The van der Waals surface area contributed by atoms with Crippen molar-refractivity contribution in [1.29, 1.82) is 0 Å². The molecule has 0 spiro atoms. The van der Waals surface area contributed by atoms with Gasteiger partial charge in [-0.05, 0) is 31.0 Å². The van der Waals surface area contributed by atoms with Crippen LogP contribution >= 0.6 is 11.6 Å². The zero-order chi connectivity index (χ0) is 13.0. The quantitative estimate of drug-likeness (QED) is 0.834. The van der Waals surface area contributed by atoms with Crippen LogP contribution in [0.4, 0.5) is 0 Å². The Morgan fingerprint density at radius 3 is 2.83 bits per heavy atom. The molecule has 3 nitrogen and oxygen atoms in total. The molecule has 1 aromatic carbocycles. The molecule has 1 N–H and O–H groups in total. The van der Waals surface area contributed by atoms with Crippen molar-refractivity contribution < 1.29 is 9.53 Å². The number of ether oxygens (including phenoxy) is 1. The molecule has 2 rings (SSSR count). The standard InChI is InChI=1S/C14H18ClNO2/c1-18-14-8-10(6-7-12(14)15)13(17)9-16-11-4-2-3-5-11/h6-8,11,16H,2-5,9H2,1H3. The molecule has 1 fully saturated rings. The molecule has 18 heavy (non-hydrogen) atoms. The molecule has 4 heteroatoms. The lowest BCUT2D eigenvalue weighted by Crippen LogP contribution is -2.31. The number of methoxy groups -OCH3 is 1. The van der Waals surface area contributed by atoms with Gasteiger partial charge in [0.05, 0.1) is 18.7 Å². The molecule has 1 saturated carbocycles. The fourth-order valence-electron chi connectivity index (χ4n) is 2.30. The molecular formula is C14H18ClNO2. The highest BCUT2D eigenvalue weighted by atomic mass is 35.5. The second kappa shape index (κ2) is 6.21. The highest BCUT2D eigenvalue weighted by Gasteiger charge is 2.16. The third kappa shape index (κ3) is 3.24. The third-order valence-electron chi connectivity index (χ3n) is 3.38. The van der Waals surface area contributed by atoms with Crippen LogP contribution in [0.1, 0.15) is 36.0 Å². The number of Topliss-reactive ketones (excluding diaryl/α,β-unsaturated/α-hetero) is 1. The normalized spacial score (nSPS) is 15.9. The van der Waals surface area contributed by atoms with Gasteiger partial charge in [-0.15, -0.1) is 0 Å². The number of ketones is 1. The number of carbonyl (C=O) groups is 1. The zero-order valence-corrected chi connectivity index (χ0v) is 11.3. The Bertz CT molecular complexity index is 428. The Labute approximate surface area is 112 Å². The predicted octanol–water partition coefficient (Wildman–Crippen LogP) is 3.06. The lowest BCUT2D eigenvalue weighted by molar-refractivity contribution is 0.0987. The first kappa shape index (κ1) is 13.4. The van der Waals surface area contributed by atoms with E-state index in [1.54, 1.807) is 25.3 Å². The minimum absolute atomic E-state index is 0.0804.